The van der Waals surface area contributed by atoms with Gasteiger partial charge in [-0.2, -0.15) is 0 Å². The summed E-state index contributed by atoms with van der Waals surface area (Å²) in [5, 5.41) is 0. The van der Waals surface area contributed by atoms with E-state index in [1.807, 2.05) is 12.5 Å². The molecule has 0 aliphatic heterocycles. The Morgan fingerprint density at radius 1 is 1.04 bits per heavy atom. The van der Waals surface area contributed by atoms with Crippen LogP contribution in [0.5, 0.6) is 0 Å². The van der Waals surface area contributed by atoms with Crippen LogP contribution in [0.2, 0.25) is 0 Å². The van der Waals surface area contributed by atoms with Gasteiger partial charge in [0.25, 0.3) is 6.33 Å². The van der Waals surface area contributed by atoms with Crippen LogP contribution in [0.4, 0.5) is 0 Å². The molecule has 0 atom stereocenters. The molecule has 142 valence electrons. The summed E-state index contributed by atoms with van der Waals surface area (Å²) in [6.07, 6.45) is 7.14. The number of aryl methyl sites for hydroxylation is 3. The Balaban J connectivity index is 1.84. The maximum Gasteiger partial charge on any atom is 0.287 e. The van der Waals surface area contributed by atoms with E-state index < -0.39 is 0 Å². The molecule has 28 heavy (non-hydrogen) atoms. The fraction of sp³-hybridized carbons (Fsp3) is 0.320. The van der Waals surface area contributed by atoms with Crippen LogP contribution in [-0.4, -0.2) is 9.97 Å². The average molecular weight is 371 g/mol. The Hall–Kier alpha value is -2.81. The first-order chi connectivity index (χ1) is 13.4. The quantitative estimate of drug-likeness (QED) is 0.607. The first-order valence-electron chi connectivity index (χ1n) is 9.99. The van der Waals surface area contributed by atoms with Gasteiger partial charge in [0.15, 0.2) is 5.69 Å². The van der Waals surface area contributed by atoms with Crippen molar-refractivity contribution in [3.05, 3.63) is 82.1 Å². The number of fused-ring (bicyclic) bond motifs is 1. The minimum absolute atomic E-state index is 0.440. The van der Waals surface area contributed by atoms with E-state index in [1.165, 1.54) is 39.1 Å². The normalized spacial score (nSPS) is 13.0. The second-order valence-electron chi connectivity index (χ2n) is 8.23. The highest BCUT2D eigenvalue weighted by molar-refractivity contribution is 5.85. The third-order valence-electron chi connectivity index (χ3n) is 5.81. The predicted molar refractivity (Wildman–Crippen MR) is 114 cm³/mol. The third-order valence-corrected chi connectivity index (χ3v) is 5.81. The minimum Gasteiger partial charge on any atom is -0.260 e. The van der Waals surface area contributed by atoms with Crippen LogP contribution in [0.1, 0.15) is 59.0 Å². The smallest absolute Gasteiger partial charge is 0.260 e. The molecule has 0 saturated heterocycles. The Labute approximate surface area is 167 Å². The molecule has 1 aliphatic rings. The summed E-state index contributed by atoms with van der Waals surface area (Å²) in [6, 6.07) is 8.87. The van der Waals surface area contributed by atoms with E-state index in [2.05, 4.69) is 81.6 Å². The average Bonchev–Trinajstić information content (AvgIpc) is 3.09. The van der Waals surface area contributed by atoms with Crippen molar-refractivity contribution < 1.29 is 4.57 Å². The van der Waals surface area contributed by atoms with Crippen molar-refractivity contribution in [1.82, 2.24) is 9.97 Å². The number of nitrogens with zero attached hydrogens (tertiary/aromatic N) is 3. The first-order valence-corrected chi connectivity index (χ1v) is 9.99. The van der Waals surface area contributed by atoms with Gasteiger partial charge in [0, 0.05) is 35.0 Å². The molecule has 0 bridgehead atoms. The summed E-state index contributed by atoms with van der Waals surface area (Å²) in [5.41, 5.74) is 12.4. The maximum atomic E-state index is 4.80. The molecule has 0 spiro atoms. The maximum absolute atomic E-state index is 4.80. The fourth-order valence-electron chi connectivity index (χ4n) is 4.13. The second kappa shape index (κ2) is 6.97. The number of pyridine rings is 1. The molecule has 4 rings (SSSR count). The van der Waals surface area contributed by atoms with Crippen molar-refractivity contribution >= 4 is 5.57 Å². The second-order valence-corrected chi connectivity index (χ2v) is 8.23. The molecule has 0 saturated carbocycles. The van der Waals surface area contributed by atoms with Gasteiger partial charge in [0.2, 0.25) is 0 Å². The molecule has 0 N–H and O–H groups in total. The lowest BCUT2D eigenvalue weighted by molar-refractivity contribution is -0.663. The molecule has 1 aromatic carbocycles. The monoisotopic (exact) mass is 370 g/mol. The van der Waals surface area contributed by atoms with Crippen molar-refractivity contribution in [3.8, 4) is 11.3 Å². The third kappa shape index (κ3) is 3.05. The van der Waals surface area contributed by atoms with Gasteiger partial charge in [-0.1, -0.05) is 37.6 Å². The number of hydrogen-bond acceptors (Lipinski definition) is 2. The molecular formula is C25H28N3+. The molecule has 0 radical (unpaired) electrons. The van der Waals surface area contributed by atoms with Gasteiger partial charge in [-0.3, -0.25) is 4.98 Å². The van der Waals surface area contributed by atoms with Crippen molar-refractivity contribution in [1.29, 1.82) is 0 Å². The predicted octanol–water partition coefficient (Wildman–Crippen LogP) is 5.00. The number of allylic oxidation sites excluding steroid dienone is 1. The molecule has 3 aromatic rings. The lowest BCUT2D eigenvalue weighted by Crippen LogP contribution is -2.33. The highest BCUT2D eigenvalue weighted by Gasteiger charge is 2.29. The Bertz CT molecular complexity index is 1090. The summed E-state index contributed by atoms with van der Waals surface area (Å²) in [5.74, 6) is 0.440. The van der Waals surface area contributed by atoms with E-state index in [1.54, 1.807) is 0 Å². The topological polar surface area (TPSA) is 29.7 Å². The lowest BCUT2D eigenvalue weighted by atomic mass is 9.94. The molecule has 2 heterocycles. The van der Waals surface area contributed by atoms with Gasteiger partial charge in [-0.25, -0.2) is 4.57 Å². The number of rotatable bonds is 3. The van der Waals surface area contributed by atoms with Gasteiger partial charge >= 0.3 is 0 Å². The van der Waals surface area contributed by atoms with Crippen LogP contribution in [-0.2, 0) is 13.5 Å². The zero-order valence-corrected chi connectivity index (χ0v) is 17.7. The van der Waals surface area contributed by atoms with E-state index in [9.17, 15) is 0 Å². The van der Waals surface area contributed by atoms with Crippen LogP contribution in [0.25, 0.3) is 16.8 Å². The molecule has 0 amide bonds. The minimum atomic E-state index is 0.440. The van der Waals surface area contributed by atoms with Crippen LogP contribution in [0, 0.1) is 20.8 Å². The van der Waals surface area contributed by atoms with Gasteiger partial charge in [0.1, 0.15) is 5.69 Å². The summed E-state index contributed by atoms with van der Waals surface area (Å²) in [4.78, 5) is 9.46. The summed E-state index contributed by atoms with van der Waals surface area (Å²) >= 11 is 0. The van der Waals surface area contributed by atoms with E-state index in [0.29, 0.717) is 5.92 Å². The molecule has 2 aromatic heterocycles. The van der Waals surface area contributed by atoms with Gasteiger partial charge in [-0.05, 0) is 54.9 Å². The van der Waals surface area contributed by atoms with Crippen molar-refractivity contribution in [3.63, 3.8) is 0 Å². The van der Waals surface area contributed by atoms with E-state index in [0.717, 1.165) is 23.4 Å². The van der Waals surface area contributed by atoms with E-state index in [4.69, 9.17) is 4.98 Å². The largest absolute Gasteiger partial charge is 0.287 e. The number of aromatic nitrogens is 3. The van der Waals surface area contributed by atoms with Crippen LogP contribution in [0.15, 0.2) is 42.9 Å². The van der Waals surface area contributed by atoms with Crippen LogP contribution < -0.4 is 4.57 Å². The van der Waals surface area contributed by atoms with Gasteiger partial charge in [-0.15, -0.1) is 0 Å². The standard InChI is InChI=1S/C25H28N3/c1-15(2)23-10-7-19(13-26-23)20-8-9-21-24(20)27-14-28(6)25(21)22-12-16(3)11-17(4)18(22)5/h7-8,10-15H,9H2,1-6H3/q+1. The lowest BCUT2D eigenvalue weighted by Gasteiger charge is -2.13. The first kappa shape index (κ1) is 18.5. The van der Waals surface area contributed by atoms with Crippen LogP contribution in [0.3, 0.4) is 0 Å². The van der Waals surface area contributed by atoms with Crippen molar-refractivity contribution in [2.24, 2.45) is 7.05 Å². The van der Waals surface area contributed by atoms with E-state index in [-0.39, 0.29) is 0 Å². The summed E-state index contributed by atoms with van der Waals surface area (Å²) in [7, 11) is 2.09. The molecule has 3 nitrogen and oxygen atoms in total. The Morgan fingerprint density at radius 3 is 2.50 bits per heavy atom. The SMILES string of the molecule is Cc1cc(C)c(C)c(-c2c3c(nc[n+]2C)C(c2ccc(C(C)C)nc2)=CC3)c1. The van der Waals surface area contributed by atoms with Gasteiger partial charge in [0.05, 0.1) is 12.6 Å². The zero-order valence-electron chi connectivity index (χ0n) is 17.7. The molecular weight excluding hydrogens is 342 g/mol. The fourth-order valence-corrected chi connectivity index (χ4v) is 4.13. The molecule has 1 aliphatic carbocycles. The highest BCUT2D eigenvalue weighted by Crippen LogP contribution is 2.36. The van der Waals surface area contributed by atoms with Crippen molar-refractivity contribution in [2.45, 2.75) is 47.0 Å². The zero-order chi connectivity index (χ0) is 20.0. The molecule has 0 fully saturated rings. The molecule has 0 unspecified atom stereocenters. The highest BCUT2D eigenvalue weighted by atomic mass is 15.0. The molecule has 3 heteroatoms. The van der Waals surface area contributed by atoms with E-state index >= 15 is 0 Å². The summed E-state index contributed by atoms with van der Waals surface area (Å²) < 4.78 is 2.16. The van der Waals surface area contributed by atoms with Crippen LogP contribution >= 0.6 is 0 Å². The number of hydrogen-bond donors (Lipinski definition) is 0. The Morgan fingerprint density at radius 2 is 1.82 bits per heavy atom. The van der Waals surface area contributed by atoms with Crippen molar-refractivity contribution in [2.75, 3.05) is 0 Å². The van der Waals surface area contributed by atoms with Gasteiger partial charge < -0.3 is 0 Å². The summed E-state index contributed by atoms with van der Waals surface area (Å²) in [6.45, 7) is 10.9. The Kier molecular flexibility index (Phi) is 4.62. The number of benzene rings is 1.